The van der Waals surface area contributed by atoms with Gasteiger partial charge < -0.3 is 14.9 Å². The average molecular weight is 280 g/mol. The van der Waals surface area contributed by atoms with E-state index in [0.29, 0.717) is 0 Å². The Morgan fingerprint density at radius 3 is 2.50 bits per heavy atom. The van der Waals surface area contributed by atoms with Gasteiger partial charge in [0, 0.05) is 6.92 Å². The third-order valence-electron chi connectivity index (χ3n) is 3.46. The van der Waals surface area contributed by atoms with Crippen molar-refractivity contribution in [3.8, 4) is 0 Å². The Morgan fingerprint density at radius 2 is 1.90 bits per heavy atom. The van der Waals surface area contributed by atoms with Crippen LogP contribution in [0.5, 0.6) is 0 Å². The van der Waals surface area contributed by atoms with Gasteiger partial charge in [-0.25, -0.2) is 4.79 Å². The van der Waals surface area contributed by atoms with Gasteiger partial charge in [0.15, 0.2) is 0 Å². The summed E-state index contributed by atoms with van der Waals surface area (Å²) in [4.78, 5) is 10.6. The van der Waals surface area contributed by atoms with Crippen molar-refractivity contribution in [2.75, 3.05) is 6.61 Å². The third kappa shape index (κ3) is 5.31. The lowest BCUT2D eigenvalue weighted by Gasteiger charge is -2.18. The number of carbonyl (C=O) groups is 1. The van der Waals surface area contributed by atoms with E-state index in [2.05, 4.69) is 32.0 Å². The first-order valence-electron chi connectivity index (χ1n) is 6.99. The molecule has 0 amide bonds. The van der Waals surface area contributed by atoms with Crippen molar-refractivity contribution in [3.63, 3.8) is 0 Å². The standard InChI is InChI=1S/C16H24O4/c1-12-8-9-14(11-13(12)2)7-5-4-6-10-20-16(3,19)15(17)18/h8-9,11,19H,4-7,10H2,1-3H3,(H,17,18). The first-order chi connectivity index (χ1) is 9.33. The largest absolute Gasteiger partial charge is 0.477 e. The van der Waals surface area contributed by atoms with Gasteiger partial charge in [0.05, 0.1) is 6.61 Å². The van der Waals surface area contributed by atoms with Crippen LogP contribution in [0.2, 0.25) is 0 Å². The van der Waals surface area contributed by atoms with Gasteiger partial charge in [-0.05, 0) is 49.8 Å². The van der Waals surface area contributed by atoms with E-state index in [4.69, 9.17) is 9.84 Å². The van der Waals surface area contributed by atoms with Gasteiger partial charge in [0.1, 0.15) is 0 Å². The summed E-state index contributed by atoms with van der Waals surface area (Å²) in [6.07, 6.45) is 3.73. The van der Waals surface area contributed by atoms with Crippen LogP contribution in [0, 0.1) is 13.8 Å². The van der Waals surface area contributed by atoms with Crippen LogP contribution in [-0.4, -0.2) is 28.6 Å². The highest BCUT2D eigenvalue weighted by Gasteiger charge is 2.30. The molecule has 20 heavy (non-hydrogen) atoms. The number of rotatable bonds is 8. The van der Waals surface area contributed by atoms with Crippen molar-refractivity contribution < 1.29 is 19.7 Å². The number of aliphatic carboxylic acids is 1. The summed E-state index contributed by atoms with van der Waals surface area (Å²) in [7, 11) is 0. The highest BCUT2D eigenvalue weighted by atomic mass is 16.6. The van der Waals surface area contributed by atoms with Crippen LogP contribution in [0.25, 0.3) is 0 Å². The van der Waals surface area contributed by atoms with E-state index < -0.39 is 11.8 Å². The fourth-order valence-electron chi connectivity index (χ4n) is 1.90. The second-order valence-corrected chi connectivity index (χ2v) is 5.37. The summed E-state index contributed by atoms with van der Waals surface area (Å²) in [5.74, 6) is -3.43. The van der Waals surface area contributed by atoms with E-state index in [1.807, 2.05) is 0 Å². The second-order valence-electron chi connectivity index (χ2n) is 5.37. The molecule has 0 radical (unpaired) electrons. The molecule has 1 atom stereocenters. The van der Waals surface area contributed by atoms with E-state index in [-0.39, 0.29) is 6.61 Å². The number of carboxylic acid groups (broad SMARTS) is 1. The Hall–Kier alpha value is -1.39. The zero-order valence-electron chi connectivity index (χ0n) is 12.5. The predicted molar refractivity (Wildman–Crippen MR) is 77.7 cm³/mol. The lowest BCUT2D eigenvalue weighted by atomic mass is 10.0. The number of hydrogen-bond acceptors (Lipinski definition) is 3. The number of aryl methyl sites for hydroxylation is 3. The predicted octanol–water partition coefficient (Wildman–Crippen LogP) is 2.83. The number of carboxylic acids is 1. The molecular formula is C16H24O4. The SMILES string of the molecule is Cc1ccc(CCCCCOC(C)(O)C(=O)O)cc1C. The molecule has 2 N–H and O–H groups in total. The minimum absolute atomic E-state index is 0.256. The summed E-state index contributed by atoms with van der Waals surface area (Å²) in [5.41, 5.74) is 3.94. The number of aliphatic hydroxyl groups is 1. The number of unbranched alkanes of at least 4 members (excludes halogenated alkanes) is 2. The minimum atomic E-state index is -2.08. The molecule has 0 saturated heterocycles. The zero-order valence-corrected chi connectivity index (χ0v) is 12.5. The van der Waals surface area contributed by atoms with E-state index in [0.717, 1.165) is 32.6 Å². The highest BCUT2D eigenvalue weighted by molar-refractivity contribution is 5.74. The number of benzene rings is 1. The summed E-state index contributed by atoms with van der Waals surface area (Å²) in [6, 6.07) is 6.49. The monoisotopic (exact) mass is 280 g/mol. The first kappa shape index (κ1) is 16.7. The van der Waals surface area contributed by atoms with Crippen LogP contribution in [0.15, 0.2) is 18.2 Å². The summed E-state index contributed by atoms with van der Waals surface area (Å²) < 4.78 is 4.93. The number of hydrogen-bond donors (Lipinski definition) is 2. The summed E-state index contributed by atoms with van der Waals surface area (Å²) in [6.45, 7) is 5.61. The summed E-state index contributed by atoms with van der Waals surface area (Å²) >= 11 is 0. The lowest BCUT2D eigenvalue weighted by molar-refractivity contribution is -0.216. The third-order valence-corrected chi connectivity index (χ3v) is 3.46. The maximum atomic E-state index is 10.6. The van der Waals surface area contributed by atoms with Gasteiger partial charge in [-0.15, -0.1) is 0 Å². The molecule has 4 nitrogen and oxygen atoms in total. The van der Waals surface area contributed by atoms with Crippen LogP contribution in [0.4, 0.5) is 0 Å². The molecular weight excluding hydrogens is 256 g/mol. The maximum absolute atomic E-state index is 10.6. The van der Waals surface area contributed by atoms with Crippen molar-refractivity contribution in [2.24, 2.45) is 0 Å². The van der Waals surface area contributed by atoms with Crippen LogP contribution in [0.3, 0.4) is 0 Å². The van der Waals surface area contributed by atoms with Crippen LogP contribution >= 0.6 is 0 Å². The normalized spacial score (nSPS) is 14.0. The molecule has 0 heterocycles. The number of ether oxygens (including phenoxy) is 1. The van der Waals surface area contributed by atoms with E-state index >= 15 is 0 Å². The minimum Gasteiger partial charge on any atom is -0.477 e. The second kappa shape index (κ2) is 7.41. The lowest BCUT2D eigenvalue weighted by Crippen LogP contribution is -2.38. The first-order valence-corrected chi connectivity index (χ1v) is 6.99. The fourth-order valence-corrected chi connectivity index (χ4v) is 1.90. The Bertz CT molecular complexity index is 452. The molecule has 0 aliphatic carbocycles. The van der Waals surface area contributed by atoms with Gasteiger partial charge in [-0.3, -0.25) is 0 Å². The van der Waals surface area contributed by atoms with Gasteiger partial charge in [-0.2, -0.15) is 0 Å². The van der Waals surface area contributed by atoms with Crippen molar-refractivity contribution in [2.45, 2.75) is 52.2 Å². The Morgan fingerprint density at radius 1 is 1.20 bits per heavy atom. The molecule has 4 heteroatoms. The van der Waals surface area contributed by atoms with E-state index in [1.165, 1.54) is 16.7 Å². The summed E-state index contributed by atoms with van der Waals surface area (Å²) in [5, 5.41) is 18.0. The van der Waals surface area contributed by atoms with Crippen molar-refractivity contribution in [3.05, 3.63) is 34.9 Å². The Balaban J connectivity index is 2.19. The molecule has 0 saturated carbocycles. The van der Waals surface area contributed by atoms with Crippen LogP contribution < -0.4 is 0 Å². The Labute approximate surface area is 120 Å². The van der Waals surface area contributed by atoms with Crippen LogP contribution in [0.1, 0.15) is 42.9 Å². The maximum Gasteiger partial charge on any atom is 0.363 e. The van der Waals surface area contributed by atoms with Gasteiger partial charge in [0.2, 0.25) is 0 Å². The molecule has 112 valence electrons. The molecule has 0 bridgehead atoms. The quantitative estimate of drug-likeness (QED) is 0.567. The molecule has 0 aromatic heterocycles. The van der Waals surface area contributed by atoms with Gasteiger partial charge in [0.25, 0.3) is 5.79 Å². The fraction of sp³-hybridized carbons (Fsp3) is 0.562. The van der Waals surface area contributed by atoms with Crippen molar-refractivity contribution in [1.82, 2.24) is 0 Å². The molecule has 0 aliphatic heterocycles. The van der Waals surface area contributed by atoms with Gasteiger partial charge >= 0.3 is 5.97 Å². The van der Waals surface area contributed by atoms with E-state index in [1.54, 1.807) is 0 Å². The molecule has 0 fully saturated rings. The zero-order chi connectivity index (χ0) is 15.2. The molecule has 1 aromatic carbocycles. The molecule has 1 aromatic rings. The average Bonchev–Trinajstić information content (AvgIpc) is 2.37. The Kier molecular flexibility index (Phi) is 6.17. The molecule has 1 rings (SSSR count). The molecule has 1 unspecified atom stereocenters. The molecule has 0 spiro atoms. The smallest absolute Gasteiger partial charge is 0.363 e. The van der Waals surface area contributed by atoms with Crippen molar-refractivity contribution in [1.29, 1.82) is 0 Å². The van der Waals surface area contributed by atoms with E-state index in [9.17, 15) is 9.90 Å². The topological polar surface area (TPSA) is 66.8 Å². The molecule has 0 aliphatic rings. The highest BCUT2D eigenvalue weighted by Crippen LogP contribution is 2.13. The van der Waals surface area contributed by atoms with Gasteiger partial charge in [-0.1, -0.05) is 24.6 Å². The van der Waals surface area contributed by atoms with Crippen molar-refractivity contribution >= 4 is 5.97 Å². The van der Waals surface area contributed by atoms with Crippen LogP contribution in [-0.2, 0) is 16.0 Å².